The van der Waals surface area contributed by atoms with Crippen LogP contribution in [0.25, 0.3) is 11.0 Å². The first-order valence-corrected chi connectivity index (χ1v) is 7.70. The first-order valence-electron chi connectivity index (χ1n) is 7.70. The first kappa shape index (κ1) is 15.2. The molecule has 5 heteroatoms. The zero-order valence-corrected chi connectivity index (χ0v) is 13.5. The van der Waals surface area contributed by atoms with Gasteiger partial charge < -0.3 is 5.73 Å². The fourth-order valence-electron chi connectivity index (χ4n) is 2.66. The van der Waals surface area contributed by atoms with Gasteiger partial charge in [-0.1, -0.05) is 38.1 Å². The molecular weight excluding hydrogens is 288 g/mol. The van der Waals surface area contributed by atoms with Gasteiger partial charge in [0.2, 0.25) is 5.91 Å². The third kappa shape index (κ3) is 2.82. The molecule has 3 aromatic rings. The molecule has 0 bridgehead atoms. The zero-order valence-electron chi connectivity index (χ0n) is 13.5. The van der Waals surface area contributed by atoms with Crippen LogP contribution in [0, 0.1) is 0 Å². The largest absolute Gasteiger partial charge is 0.366 e. The minimum atomic E-state index is -0.482. The maximum absolute atomic E-state index is 11.2. The van der Waals surface area contributed by atoms with E-state index in [9.17, 15) is 4.79 Å². The smallest absolute Gasteiger partial charge is 0.250 e. The third-order valence-corrected chi connectivity index (χ3v) is 4.17. The van der Waals surface area contributed by atoms with E-state index in [4.69, 9.17) is 5.73 Å². The van der Waals surface area contributed by atoms with E-state index in [2.05, 4.69) is 55.1 Å². The van der Waals surface area contributed by atoms with Gasteiger partial charge in [0.15, 0.2) is 5.65 Å². The fourth-order valence-corrected chi connectivity index (χ4v) is 2.66. The van der Waals surface area contributed by atoms with Gasteiger partial charge >= 0.3 is 0 Å². The molecule has 1 aromatic carbocycles. The van der Waals surface area contributed by atoms with Crippen molar-refractivity contribution >= 4 is 16.9 Å². The maximum atomic E-state index is 11.2. The number of aromatic nitrogens is 3. The number of fused-ring (bicyclic) bond motifs is 1. The summed E-state index contributed by atoms with van der Waals surface area (Å²) in [6.07, 6.45) is 3.21. The van der Waals surface area contributed by atoms with Crippen LogP contribution in [-0.4, -0.2) is 20.7 Å². The van der Waals surface area contributed by atoms with E-state index in [1.54, 1.807) is 12.3 Å². The van der Waals surface area contributed by atoms with Crippen LogP contribution in [0.2, 0.25) is 0 Å². The van der Waals surface area contributed by atoms with E-state index in [1.807, 2.05) is 4.68 Å². The van der Waals surface area contributed by atoms with Crippen molar-refractivity contribution in [1.82, 2.24) is 14.8 Å². The lowest BCUT2D eigenvalue weighted by Crippen LogP contribution is -2.12. The van der Waals surface area contributed by atoms with Crippen LogP contribution in [0.1, 0.15) is 54.2 Å². The normalized spacial score (nSPS) is 12.7. The number of hydrogen-bond donors (Lipinski definition) is 1. The molecule has 2 heterocycles. The monoisotopic (exact) mass is 308 g/mol. The van der Waals surface area contributed by atoms with E-state index < -0.39 is 5.91 Å². The molecular formula is C18H20N4O. The average molecular weight is 308 g/mol. The molecule has 0 saturated carbocycles. The van der Waals surface area contributed by atoms with Crippen molar-refractivity contribution in [3.63, 3.8) is 0 Å². The van der Waals surface area contributed by atoms with E-state index in [-0.39, 0.29) is 6.04 Å². The molecule has 2 aromatic heterocycles. The highest BCUT2D eigenvalue weighted by molar-refractivity contribution is 5.95. The van der Waals surface area contributed by atoms with Gasteiger partial charge in [-0.25, -0.2) is 9.67 Å². The average Bonchev–Trinajstić information content (AvgIpc) is 2.97. The van der Waals surface area contributed by atoms with Crippen molar-refractivity contribution in [2.24, 2.45) is 5.73 Å². The van der Waals surface area contributed by atoms with Crippen LogP contribution < -0.4 is 5.73 Å². The lowest BCUT2D eigenvalue weighted by atomic mass is 10.00. The quantitative estimate of drug-likeness (QED) is 0.804. The summed E-state index contributed by atoms with van der Waals surface area (Å²) >= 11 is 0. The predicted octanol–water partition coefficient (Wildman–Crippen LogP) is 3.26. The van der Waals surface area contributed by atoms with Crippen molar-refractivity contribution < 1.29 is 4.79 Å². The van der Waals surface area contributed by atoms with Gasteiger partial charge in [-0.05, 0) is 30.0 Å². The third-order valence-electron chi connectivity index (χ3n) is 4.17. The lowest BCUT2D eigenvalue weighted by Gasteiger charge is -2.15. The summed E-state index contributed by atoms with van der Waals surface area (Å²) in [7, 11) is 0. The van der Waals surface area contributed by atoms with Crippen molar-refractivity contribution in [3.8, 4) is 0 Å². The lowest BCUT2D eigenvalue weighted by molar-refractivity contribution is 0.1000. The van der Waals surface area contributed by atoms with Crippen molar-refractivity contribution in [3.05, 3.63) is 59.4 Å². The summed E-state index contributed by atoms with van der Waals surface area (Å²) < 4.78 is 1.87. The number of nitrogens with zero attached hydrogens (tertiary/aromatic N) is 3. The first-order chi connectivity index (χ1) is 11.0. The summed E-state index contributed by atoms with van der Waals surface area (Å²) in [6, 6.07) is 10.3. The molecule has 1 atom stereocenters. The highest BCUT2D eigenvalue weighted by Gasteiger charge is 2.14. The molecule has 1 unspecified atom stereocenters. The summed E-state index contributed by atoms with van der Waals surface area (Å²) in [5.41, 5.74) is 8.92. The molecule has 0 aliphatic rings. The second kappa shape index (κ2) is 5.83. The molecule has 0 aliphatic carbocycles. The second-order valence-corrected chi connectivity index (χ2v) is 6.09. The number of hydrogen-bond acceptors (Lipinski definition) is 3. The van der Waals surface area contributed by atoms with E-state index in [0.717, 1.165) is 11.0 Å². The van der Waals surface area contributed by atoms with Crippen molar-refractivity contribution in [2.45, 2.75) is 32.7 Å². The van der Waals surface area contributed by atoms with E-state index in [0.29, 0.717) is 11.5 Å². The van der Waals surface area contributed by atoms with Crippen LogP contribution in [0.3, 0.4) is 0 Å². The number of amides is 1. The second-order valence-electron chi connectivity index (χ2n) is 6.09. The van der Waals surface area contributed by atoms with Gasteiger partial charge in [-0.3, -0.25) is 4.79 Å². The highest BCUT2D eigenvalue weighted by atomic mass is 16.1. The van der Waals surface area contributed by atoms with E-state index in [1.165, 1.54) is 17.3 Å². The van der Waals surface area contributed by atoms with Crippen LogP contribution in [0.5, 0.6) is 0 Å². The Morgan fingerprint density at radius 2 is 1.74 bits per heavy atom. The number of carbonyl (C=O) groups is 1. The molecule has 23 heavy (non-hydrogen) atoms. The Morgan fingerprint density at radius 1 is 1.09 bits per heavy atom. The zero-order chi connectivity index (χ0) is 16.6. The molecule has 0 spiro atoms. The summed E-state index contributed by atoms with van der Waals surface area (Å²) in [4.78, 5) is 15.6. The van der Waals surface area contributed by atoms with Crippen LogP contribution >= 0.6 is 0 Å². The van der Waals surface area contributed by atoms with Crippen molar-refractivity contribution in [2.75, 3.05) is 0 Å². The maximum Gasteiger partial charge on any atom is 0.250 e. The summed E-state index contributed by atoms with van der Waals surface area (Å²) in [6.45, 7) is 6.44. The Bertz CT molecular complexity index is 849. The molecule has 5 nitrogen and oxygen atoms in total. The van der Waals surface area contributed by atoms with Gasteiger partial charge in [0.05, 0.1) is 17.8 Å². The Kier molecular flexibility index (Phi) is 3.86. The number of benzene rings is 1. The van der Waals surface area contributed by atoms with Gasteiger partial charge in [-0.15, -0.1) is 0 Å². The van der Waals surface area contributed by atoms with Crippen LogP contribution in [0.4, 0.5) is 0 Å². The molecule has 3 rings (SSSR count). The molecule has 118 valence electrons. The standard InChI is InChI=1S/C18H20N4O/c1-11(2)13-4-6-14(7-5-13)12(3)22-18-16(10-21-22)8-15(9-20-18)17(19)23/h4-12H,1-3H3,(H2,19,23). The number of primary amides is 1. The Balaban J connectivity index is 1.97. The Morgan fingerprint density at radius 3 is 2.35 bits per heavy atom. The van der Waals surface area contributed by atoms with E-state index >= 15 is 0 Å². The highest BCUT2D eigenvalue weighted by Crippen LogP contribution is 2.24. The topological polar surface area (TPSA) is 73.8 Å². The fraction of sp³-hybridized carbons (Fsp3) is 0.278. The molecule has 0 aliphatic heterocycles. The number of nitrogens with two attached hydrogens (primary N) is 1. The number of carbonyl (C=O) groups excluding carboxylic acids is 1. The Hall–Kier alpha value is -2.69. The predicted molar refractivity (Wildman–Crippen MR) is 90.4 cm³/mol. The van der Waals surface area contributed by atoms with Gasteiger partial charge in [0, 0.05) is 11.6 Å². The molecule has 1 amide bonds. The van der Waals surface area contributed by atoms with Gasteiger partial charge in [-0.2, -0.15) is 5.10 Å². The molecule has 0 radical (unpaired) electrons. The van der Waals surface area contributed by atoms with Gasteiger partial charge in [0.25, 0.3) is 0 Å². The Labute approximate surface area is 135 Å². The number of rotatable bonds is 4. The van der Waals surface area contributed by atoms with Gasteiger partial charge in [0.1, 0.15) is 0 Å². The van der Waals surface area contributed by atoms with Crippen LogP contribution in [-0.2, 0) is 0 Å². The molecule has 0 saturated heterocycles. The SMILES string of the molecule is CC(C)c1ccc(C(C)n2ncc3cc(C(N)=O)cnc32)cc1. The van der Waals surface area contributed by atoms with Crippen molar-refractivity contribution in [1.29, 1.82) is 0 Å². The molecule has 2 N–H and O–H groups in total. The summed E-state index contributed by atoms with van der Waals surface area (Å²) in [5.74, 6) is 0.0308. The van der Waals surface area contributed by atoms with Crippen LogP contribution in [0.15, 0.2) is 42.7 Å². The minimum absolute atomic E-state index is 0.0561. The minimum Gasteiger partial charge on any atom is -0.366 e. The molecule has 0 fully saturated rings. The summed E-state index contributed by atoms with van der Waals surface area (Å²) in [5, 5.41) is 5.24. The number of pyridine rings is 1.